The van der Waals surface area contributed by atoms with Crippen LogP contribution in [-0.2, 0) is 4.79 Å². The Balaban J connectivity index is -0.00000000500. The molecule has 0 aromatic heterocycles. The van der Waals surface area contributed by atoms with Crippen molar-refractivity contribution in [2.45, 2.75) is 0 Å². The molecule has 0 heterocycles. The molecule has 0 saturated heterocycles. The third kappa shape index (κ3) is 29.8. The summed E-state index contributed by atoms with van der Waals surface area (Å²) in [4.78, 5) is 7.50. The molecule has 0 aliphatic heterocycles. The maximum Gasteiger partial charge on any atom is 0.281 e. The van der Waals surface area contributed by atoms with E-state index in [9.17, 15) is 0 Å². The topological polar surface area (TPSA) is 47.6 Å². The van der Waals surface area contributed by atoms with Gasteiger partial charge in [0, 0.05) is 29.2 Å². The molecule has 0 aliphatic rings. The molecule has 0 amide bonds. The fourth-order valence-electron chi connectivity index (χ4n) is 0. The highest BCUT2D eigenvalue weighted by Gasteiger charge is 0.761. The third-order valence-corrected chi connectivity index (χ3v) is 0. The van der Waals surface area contributed by atoms with Gasteiger partial charge in [0.05, 0.1) is 0 Å². The van der Waals surface area contributed by atoms with Crippen molar-refractivity contribution in [3.8, 4) is 0 Å². The summed E-state index contributed by atoms with van der Waals surface area (Å²) in [5.74, 6) is 0. The van der Waals surface area contributed by atoms with Crippen LogP contribution in [0.1, 0.15) is 0 Å². The first kappa shape index (κ1) is 26.0. The number of nitrogens with zero attached hydrogens (tertiary/aromatic N) is 1. The SMILES string of the molecule is [C]=O.[Mg].[N]. The summed E-state index contributed by atoms with van der Waals surface area (Å²) >= 11 is 0. The molecule has 0 rings (SSSR count). The summed E-state index contributed by atoms with van der Waals surface area (Å²) in [6.45, 7) is 4.50. The van der Waals surface area contributed by atoms with E-state index in [1.807, 2.05) is 0 Å². The standard InChI is InChI=1S/CO.Mg.N/c1-2;;. The largest absolute Gasteiger partial charge is 0.281 e. The zero-order valence-corrected chi connectivity index (χ0v) is 3.48. The van der Waals surface area contributed by atoms with E-state index in [1.54, 1.807) is 0 Å². The lowest BCUT2D eigenvalue weighted by Gasteiger charge is -0.761. The Kier molecular flexibility index (Phi) is 808. The Hall–Kier alpha value is 0.396. The summed E-state index contributed by atoms with van der Waals surface area (Å²) in [7, 11) is 0. The van der Waals surface area contributed by atoms with Crippen LogP contribution in [0.5, 0.6) is 0 Å². The van der Waals surface area contributed by atoms with Crippen LogP contribution in [0.4, 0.5) is 0 Å². The van der Waals surface area contributed by atoms with Crippen LogP contribution in [0.3, 0.4) is 0 Å². The van der Waals surface area contributed by atoms with Gasteiger partial charge in [-0.05, 0) is 0 Å². The molecule has 0 N–H and O–H groups in total. The van der Waals surface area contributed by atoms with E-state index in [4.69, 9.17) is 4.79 Å². The van der Waals surface area contributed by atoms with Crippen molar-refractivity contribution in [2.75, 3.05) is 0 Å². The van der Waals surface area contributed by atoms with Crippen LogP contribution >= 0.6 is 0 Å². The zero-order valence-electron chi connectivity index (χ0n) is 2.06. The van der Waals surface area contributed by atoms with Crippen molar-refractivity contribution < 1.29 is 4.79 Å². The van der Waals surface area contributed by atoms with Crippen LogP contribution < -0.4 is 6.15 Å². The maximum atomic E-state index is 7.50. The van der Waals surface area contributed by atoms with Gasteiger partial charge in [-0.25, -0.2) is 0 Å². The van der Waals surface area contributed by atoms with E-state index in [0.29, 0.717) is 0 Å². The molecule has 4 heavy (non-hydrogen) atoms. The van der Waals surface area contributed by atoms with Crippen molar-refractivity contribution in [3.05, 3.63) is 0 Å². The molecule has 0 spiro atoms. The smallest absolute Gasteiger partial charge is 0.281 e. The molecule has 0 aromatic rings. The summed E-state index contributed by atoms with van der Waals surface area (Å²) in [5, 5.41) is 0. The van der Waals surface area contributed by atoms with E-state index in [-0.39, 0.29) is 29.2 Å². The number of rotatable bonds is 0. The van der Waals surface area contributed by atoms with Gasteiger partial charge in [0.25, 0.3) is 6.79 Å². The monoisotopic (exact) mass is 66.0 g/mol. The van der Waals surface area contributed by atoms with E-state index in [0.717, 1.165) is 0 Å². The molecule has 7 radical (unpaired) electrons. The summed E-state index contributed by atoms with van der Waals surface area (Å²) < 4.78 is 0. The van der Waals surface area contributed by atoms with Crippen molar-refractivity contribution >= 4 is 29.8 Å². The van der Waals surface area contributed by atoms with E-state index < -0.39 is 0 Å². The van der Waals surface area contributed by atoms with E-state index in [2.05, 4.69) is 6.79 Å². The lowest BCUT2D eigenvalue weighted by Crippen LogP contribution is -0.910. The number of hydrogen-bond acceptors (Lipinski definition) is 1. The van der Waals surface area contributed by atoms with E-state index in [1.165, 1.54) is 0 Å². The second-order valence-corrected chi connectivity index (χ2v) is 0. The van der Waals surface area contributed by atoms with Gasteiger partial charge < -0.3 is 0 Å². The van der Waals surface area contributed by atoms with Crippen LogP contribution in [0, 0.1) is 0 Å². The van der Waals surface area contributed by atoms with Gasteiger partial charge in [-0.1, -0.05) is 0 Å². The lowest BCUT2D eigenvalue weighted by atomic mass is 11.9. The molecule has 0 saturated carbocycles. The minimum Gasteiger partial charge on any atom is -0.281 e. The molecule has 0 aliphatic carbocycles. The summed E-state index contributed by atoms with van der Waals surface area (Å²) in [6, 6.07) is 0. The predicted octanol–water partition coefficient (Wildman–Crippen LogP) is -1.26. The average Bonchev–Trinajstić information content (AvgIpc) is 1.00. The molecule has 0 aromatic carbocycles. The average molecular weight is 66.3 g/mol. The molecule has 0 atom stereocenters. The van der Waals surface area contributed by atoms with Gasteiger partial charge in [0.2, 0.25) is 0 Å². The Morgan fingerprint density at radius 3 is 1.25 bits per heavy atom. The Bertz CT molecular complexity index is 8.00. The van der Waals surface area contributed by atoms with Crippen molar-refractivity contribution in [3.63, 3.8) is 0 Å². The lowest BCUT2D eigenvalue weighted by molar-refractivity contribution is 0.574. The number of hydrogen-bond donors (Lipinski definition) is 0. The van der Waals surface area contributed by atoms with Gasteiger partial charge in [0.1, 0.15) is 0 Å². The van der Waals surface area contributed by atoms with Gasteiger partial charge in [-0.3, -0.25) is 4.79 Å². The Labute approximate surface area is 41.3 Å². The predicted molar refractivity (Wildman–Crippen MR) is 13.6 cm³/mol. The Morgan fingerprint density at radius 1 is 1.25 bits per heavy atom. The van der Waals surface area contributed by atoms with E-state index >= 15 is 0 Å². The van der Waals surface area contributed by atoms with Gasteiger partial charge in [-0.15, -0.1) is 0 Å². The minimum atomic E-state index is 0. The third-order valence-electron chi connectivity index (χ3n) is 0. The normalized spacial score (nSPS) is 1.00. The molecule has 0 fully saturated rings. The first-order chi connectivity index (χ1) is 1.00. The molecule has 0 unspecified atom stereocenters. The molecule has 3 heteroatoms. The van der Waals surface area contributed by atoms with Crippen molar-refractivity contribution in [1.82, 2.24) is 6.15 Å². The second-order valence-electron chi connectivity index (χ2n) is 0. The highest BCUT2D eigenvalue weighted by Crippen LogP contribution is 0.513. The highest BCUT2D eigenvalue weighted by molar-refractivity contribution is 5.75. The molecular formula is CMgNO. The zero-order chi connectivity index (χ0) is 2.00. The fourth-order valence-corrected chi connectivity index (χ4v) is 0. The van der Waals surface area contributed by atoms with Gasteiger partial charge >= 0.3 is 0 Å². The second kappa shape index (κ2) is 124. The van der Waals surface area contributed by atoms with Gasteiger partial charge in [-0.2, -0.15) is 0 Å². The molecular weight excluding hydrogens is 66.3 g/mol. The highest BCUT2D eigenvalue weighted by atomic mass is 24.3. The van der Waals surface area contributed by atoms with Crippen LogP contribution in [0.15, 0.2) is 0 Å². The Morgan fingerprint density at radius 2 is 1.25 bits per heavy atom. The molecule has 0 bridgehead atoms. The van der Waals surface area contributed by atoms with Crippen molar-refractivity contribution in [1.29, 1.82) is 0 Å². The number of carbonyl (C=O) groups excluding carboxylic acids is 1. The minimum absolute atomic E-state index is 0. The van der Waals surface area contributed by atoms with Crippen LogP contribution in [0.25, 0.3) is 0 Å². The first-order valence-electron chi connectivity index (χ1n) is 0.204. The quantitative estimate of drug-likeness (QED) is 0.326. The fraction of sp³-hybridized carbons (Fsp3) is 0. The van der Waals surface area contributed by atoms with Gasteiger partial charge in [0.15, 0.2) is 0 Å². The van der Waals surface area contributed by atoms with Crippen LogP contribution in [0.2, 0.25) is 0 Å². The molecule has 17 valence electrons. The van der Waals surface area contributed by atoms with Crippen LogP contribution in [-0.4, -0.2) is 29.8 Å². The van der Waals surface area contributed by atoms with Crippen molar-refractivity contribution in [2.24, 2.45) is 0 Å². The molecule has 2 nitrogen and oxygen atoms in total. The first-order valence-corrected chi connectivity index (χ1v) is 0.204. The maximum absolute atomic E-state index is 7.50. The summed E-state index contributed by atoms with van der Waals surface area (Å²) in [6.07, 6.45) is 0. The summed E-state index contributed by atoms with van der Waals surface area (Å²) in [5.41, 5.74) is 0.